The third kappa shape index (κ3) is 2.17. The minimum atomic E-state index is -0.389. The number of carbonyl (C=O) groups is 1. The van der Waals surface area contributed by atoms with Crippen molar-refractivity contribution in [1.82, 2.24) is 4.90 Å². The summed E-state index contributed by atoms with van der Waals surface area (Å²) in [5, 5.41) is 0. The first-order valence-electron chi connectivity index (χ1n) is 2.54. The van der Waals surface area contributed by atoms with Gasteiger partial charge in [0.2, 0.25) is 0 Å². The van der Waals surface area contributed by atoms with E-state index < -0.39 is 0 Å². The van der Waals surface area contributed by atoms with Crippen molar-refractivity contribution in [3.05, 3.63) is 12.3 Å². The molecular formula is C6H11NO2. The van der Waals surface area contributed by atoms with Gasteiger partial charge < -0.3 is 9.64 Å². The van der Waals surface area contributed by atoms with E-state index in [1.807, 2.05) is 0 Å². The maximum absolute atomic E-state index is 10.6. The molecule has 9 heavy (non-hydrogen) atoms. The van der Waals surface area contributed by atoms with E-state index in [1.54, 1.807) is 19.0 Å². The summed E-state index contributed by atoms with van der Waals surface area (Å²) < 4.78 is 4.39. The average Bonchev–Trinajstić information content (AvgIpc) is 1.84. The van der Waals surface area contributed by atoms with Crippen molar-refractivity contribution in [3.63, 3.8) is 0 Å². The van der Waals surface area contributed by atoms with Gasteiger partial charge in [0.25, 0.3) is 0 Å². The molecule has 0 aromatic heterocycles. The molecule has 0 spiro atoms. The molecule has 0 heterocycles. The molecule has 0 amide bonds. The van der Waals surface area contributed by atoms with Crippen molar-refractivity contribution in [1.29, 1.82) is 0 Å². The molecular weight excluding hydrogens is 118 g/mol. The van der Waals surface area contributed by atoms with Crippen LogP contribution >= 0.6 is 0 Å². The first-order chi connectivity index (χ1) is 4.09. The van der Waals surface area contributed by atoms with Crippen molar-refractivity contribution in [2.75, 3.05) is 21.2 Å². The molecule has 0 aromatic carbocycles. The third-order valence-corrected chi connectivity index (χ3v) is 0.961. The molecule has 0 bridgehead atoms. The number of ether oxygens (including phenoxy) is 1. The van der Waals surface area contributed by atoms with Crippen LogP contribution in [0.2, 0.25) is 0 Å². The standard InChI is InChI=1S/C6H11NO2/c1-5(7(2)3)6(8)9-4/h1H2,2-4H3. The fraction of sp³-hybridized carbons (Fsp3) is 0.500. The zero-order valence-corrected chi connectivity index (χ0v) is 5.97. The Morgan fingerprint density at radius 2 is 2.00 bits per heavy atom. The van der Waals surface area contributed by atoms with Crippen LogP contribution in [0.3, 0.4) is 0 Å². The summed E-state index contributed by atoms with van der Waals surface area (Å²) in [6.45, 7) is 3.48. The molecule has 0 saturated heterocycles. The first kappa shape index (κ1) is 8.01. The summed E-state index contributed by atoms with van der Waals surface area (Å²) >= 11 is 0. The van der Waals surface area contributed by atoms with Crippen LogP contribution in [-0.4, -0.2) is 32.1 Å². The number of esters is 1. The number of hydrogen-bond donors (Lipinski definition) is 0. The van der Waals surface area contributed by atoms with Gasteiger partial charge in [-0.2, -0.15) is 0 Å². The molecule has 0 aliphatic heterocycles. The summed E-state index contributed by atoms with van der Waals surface area (Å²) in [7, 11) is 4.80. The molecule has 0 unspecified atom stereocenters. The molecule has 0 aliphatic rings. The molecule has 52 valence electrons. The minimum Gasteiger partial charge on any atom is -0.464 e. The van der Waals surface area contributed by atoms with Crippen molar-refractivity contribution in [2.24, 2.45) is 0 Å². The summed E-state index contributed by atoms with van der Waals surface area (Å²) in [5.74, 6) is -0.389. The Bertz CT molecular complexity index is 129. The Labute approximate surface area is 54.9 Å². The normalized spacial score (nSPS) is 8.33. The number of hydrogen-bond acceptors (Lipinski definition) is 3. The molecule has 3 nitrogen and oxygen atoms in total. The van der Waals surface area contributed by atoms with Crippen LogP contribution in [0.1, 0.15) is 0 Å². The Morgan fingerprint density at radius 3 is 2.11 bits per heavy atom. The van der Waals surface area contributed by atoms with Crippen LogP contribution in [0, 0.1) is 0 Å². The topological polar surface area (TPSA) is 29.5 Å². The summed E-state index contributed by atoms with van der Waals surface area (Å²) in [6, 6.07) is 0. The quantitative estimate of drug-likeness (QED) is 0.395. The summed E-state index contributed by atoms with van der Waals surface area (Å²) in [5.41, 5.74) is 0.359. The number of rotatable bonds is 2. The van der Waals surface area contributed by atoms with E-state index in [0.717, 1.165) is 0 Å². The highest BCUT2D eigenvalue weighted by Crippen LogP contribution is 1.94. The van der Waals surface area contributed by atoms with Gasteiger partial charge in [-0.05, 0) is 0 Å². The Kier molecular flexibility index (Phi) is 2.78. The fourth-order valence-corrected chi connectivity index (χ4v) is 0.300. The highest BCUT2D eigenvalue weighted by atomic mass is 16.5. The van der Waals surface area contributed by atoms with Gasteiger partial charge in [-0.25, -0.2) is 4.79 Å². The zero-order valence-electron chi connectivity index (χ0n) is 5.97. The van der Waals surface area contributed by atoms with Gasteiger partial charge in [0.15, 0.2) is 0 Å². The van der Waals surface area contributed by atoms with Gasteiger partial charge in [-0.15, -0.1) is 0 Å². The SMILES string of the molecule is C=C(C(=O)OC)N(C)C. The van der Waals surface area contributed by atoms with Gasteiger partial charge in [-0.3, -0.25) is 0 Å². The second-order valence-corrected chi connectivity index (χ2v) is 1.83. The second kappa shape index (κ2) is 3.12. The lowest BCUT2D eigenvalue weighted by Gasteiger charge is -2.11. The first-order valence-corrected chi connectivity index (χ1v) is 2.54. The van der Waals surface area contributed by atoms with Gasteiger partial charge in [0, 0.05) is 14.1 Å². The van der Waals surface area contributed by atoms with E-state index in [-0.39, 0.29) is 5.97 Å². The maximum Gasteiger partial charge on any atom is 0.353 e. The Balaban J connectivity index is 3.89. The molecule has 0 aromatic rings. The highest BCUT2D eigenvalue weighted by molar-refractivity contribution is 5.86. The number of nitrogens with zero attached hydrogens (tertiary/aromatic N) is 1. The third-order valence-electron chi connectivity index (χ3n) is 0.961. The van der Waals surface area contributed by atoms with Gasteiger partial charge >= 0.3 is 5.97 Å². The van der Waals surface area contributed by atoms with E-state index in [1.165, 1.54) is 7.11 Å². The predicted octanol–water partition coefficient (Wildman–Crippen LogP) is 0.235. The van der Waals surface area contributed by atoms with Gasteiger partial charge in [0.1, 0.15) is 5.70 Å². The molecule has 0 aliphatic carbocycles. The largest absolute Gasteiger partial charge is 0.464 e. The van der Waals surface area contributed by atoms with Crippen LogP contribution in [-0.2, 0) is 9.53 Å². The van der Waals surface area contributed by atoms with E-state index >= 15 is 0 Å². The lowest BCUT2D eigenvalue weighted by atomic mass is 10.5. The predicted molar refractivity (Wildman–Crippen MR) is 34.8 cm³/mol. The van der Waals surface area contributed by atoms with Gasteiger partial charge in [0.05, 0.1) is 7.11 Å². The highest BCUT2D eigenvalue weighted by Gasteiger charge is 2.06. The van der Waals surface area contributed by atoms with E-state index in [4.69, 9.17) is 0 Å². The molecule has 0 atom stereocenters. The van der Waals surface area contributed by atoms with Crippen LogP contribution in [0.5, 0.6) is 0 Å². The van der Waals surface area contributed by atoms with E-state index in [9.17, 15) is 4.79 Å². The lowest BCUT2D eigenvalue weighted by molar-refractivity contribution is -0.137. The van der Waals surface area contributed by atoms with E-state index in [2.05, 4.69) is 11.3 Å². The second-order valence-electron chi connectivity index (χ2n) is 1.83. The minimum absolute atomic E-state index is 0.359. The number of carbonyl (C=O) groups excluding carboxylic acids is 1. The van der Waals surface area contributed by atoms with Crippen LogP contribution in [0.4, 0.5) is 0 Å². The van der Waals surface area contributed by atoms with Crippen molar-refractivity contribution in [2.45, 2.75) is 0 Å². The molecule has 0 N–H and O–H groups in total. The molecule has 0 fully saturated rings. The summed E-state index contributed by atoms with van der Waals surface area (Å²) in [6.07, 6.45) is 0. The lowest BCUT2D eigenvalue weighted by Crippen LogP contribution is -2.18. The maximum atomic E-state index is 10.6. The van der Waals surface area contributed by atoms with Crippen molar-refractivity contribution >= 4 is 5.97 Å². The molecule has 3 heteroatoms. The smallest absolute Gasteiger partial charge is 0.353 e. The molecule has 0 saturated carbocycles. The molecule has 0 radical (unpaired) electrons. The fourth-order valence-electron chi connectivity index (χ4n) is 0.300. The van der Waals surface area contributed by atoms with Gasteiger partial charge in [-0.1, -0.05) is 6.58 Å². The summed E-state index contributed by atoms with van der Waals surface area (Å²) in [4.78, 5) is 12.2. The van der Waals surface area contributed by atoms with Crippen LogP contribution < -0.4 is 0 Å². The van der Waals surface area contributed by atoms with Crippen LogP contribution in [0.15, 0.2) is 12.3 Å². The number of likely N-dealkylation sites (N-methyl/N-ethyl adjacent to an activating group) is 1. The monoisotopic (exact) mass is 129 g/mol. The van der Waals surface area contributed by atoms with E-state index in [0.29, 0.717) is 5.70 Å². The Morgan fingerprint density at radius 1 is 1.56 bits per heavy atom. The average molecular weight is 129 g/mol. The van der Waals surface area contributed by atoms with Crippen molar-refractivity contribution < 1.29 is 9.53 Å². The van der Waals surface area contributed by atoms with Crippen molar-refractivity contribution in [3.8, 4) is 0 Å². The number of methoxy groups -OCH3 is 1. The zero-order chi connectivity index (χ0) is 7.44. The molecule has 0 rings (SSSR count). The van der Waals surface area contributed by atoms with Crippen LogP contribution in [0.25, 0.3) is 0 Å². The Hall–Kier alpha value is -0.990.